The minimum absolute atomic E-state index is 0.0114. The molecular formula is C22H25N3O4S2. The zero-order chi connectivity index (χ0) is 22.6. The lowest BCUT2D eigenvalue weighted by molar-refractivity contribution is -0.115. The molecule has 0 bridgehead atoms. The molecule has 0 radical (unpaired) electrons. The Hall–Kier alpha value is -2.75. The second kappa shape index (κ2) is 9.17. The van der Waals surface area contributed by atoms with Crippen LogP contribution in [0.4, 0.5) is 5.69 Å². The molecular weight excluding hydrogens is 434 g/mol. The SMILES string of the molecule is CC(C)(C)c1ccc(OCc2nc(CC(=O)Nc3ccc(S(N)(=O)=O)cc3)cs2)cc1. The number of carbonyl (C=O) groups excluding carboxylic acids is 1. The topological polar surface area (TPSA) is 111 Å². The predicted molar refractivity (Wildman–Crippen MR) is 122 cm³/mol. The zero-order valence-electron chi connectivity index (χ0n) is 17.6. The molecule has 3 rings (SSSR count). The number of hydrogen-bond acceptors (Lipinski definition) is 6. The van der Waals surface area contributed by atoms with Crippen molar-refractivity contribution in [2.24, 2.45) is 5.14 Å². The number of sulfonamides is 1. The molecule has 9 heteroatoms. The van der Waals surface area contributed by atoms with Crippen molar-refractivity contribution in [2.45, 2.75) is 44.1 Å². The van der Waals surface area contributed by atoms with Gasteiger partial charge in [-0.3, -0.25) is 4.79 Å². The number of primary sulfonamides is 1. The number of ether oxygens (including phenoxy) is 1. The maximum Gasteiger partial charge on any atom is 0.238 e. The molecule has 3 N–H and O–H groups in total. The largest absolute Gasteiger partial charge is 0.486 e. The van der Waals surface area contributed by atoms with Gasteiger partial charge in [-0.1, -0.05) is 32.9 Å². The molecule has 0 atom stereocenters. The fraction of sp³-hybridized carbons (Fsp3) is 0.273. The molecule has 3 aromatic rings. The number of amides is 1. The number of nitrogens with one attached hydrogen (secondary N) is 1. The summed E-state index contributed by atoms with van der Waals surface area (Å²) >= 11 is 1.43. The lowest BCUT2D eigenvalue weighted by Gasteiger charge is -2.19. The number of thiazole rings is 1. The molecule has 0 unspecified atom stereocenters. The third-order valence-electron chi connectivity index (χ3n) is 4.49. The number of carbonyl (C=O) groups is 1. The quantitative estimate of drug-likeness (QED) is 0.557. The van der Waals surface area contributed by atoms with Crippen LogP contribution in [0, 0.1) is 0 Å². The van der Waals surface area contributed by atoms with E-state index in [1.807, 2.05) is 17.5 Å². The fourth-order valence-electron chi connectivity index (χ4n) is 2.79. The highest BCUT2D eigenvalue weighted by Gasteiger charge is 2.14. The molecule has 0 saturated heterocycles. The van der Waals surface area contributed by atoms with Crippen LogP contribution in [0.2, 0.25) is 0 Å². The summed E-state index contributed by atoms with van der Waals surface area (Å²) in [6, 6.07) is 13.7. The first kappa shape index (κ1) is 22.9. The Bertz CT molecular complexity index is 1150. The van der Waals surface area contributed by atoms with E-state index in [0.29, 0.717) is 18.0 Å². The van der Waals surface area contributed by atoms with Crippen molar-refractivity contribution in [3.63, 3.8) is 0 Å². The van der Waals surface area contributed by atoms with Crippen LogP contribution in [0.15, 0.2) is 58.8 Å². The number of rotatable bonds is 7. The van der Waals surface area contributed by atoms with Crippen LogP contribution >= 0.6 is 11.3 Å². The Balaban J connectivity index is 1.52. The number of anilines is 1. The second-order valence-electron chi connectivity index (χ2n) is 8.09. The third-order valence-corrected chi connectivity index (χ3v) is 6.29. The third kappa shape index (κ3) is 6.61. The van der Waals surface area contributed by atoms with E-state index in [4.69, 9.17) is 9.88 Å². The van der Waals surface area contributed by atoms with E-state index in [-0.39, 0.29) is 22.6 Å². The highest BCUT2D eigenvalue weighted by atomic mass is 32.2. The summed E-state index contributed by atoms with van der Waals surface area (Å²) < 4.78 is 28.4. The van der Waals surface area contributed by atoms with E-state index in [1.165, 1.54) is 41.2 Å². The Kier molecular flexibility index (Phi) is 6.78. The van der Waals surface area contributed by atoms with E-state index in [0.717, 1.165) is 10.8 Å². The summed E-state index contributed by atoms with van der Waals surface area (Å²) in [6.45, 7) is 6.82. The Morgan fingerprint density at radius 1 is 1.10 bits per heavy atom. The van der Waals surface area contributed by atoms with Gasteiger partial charge in [0.2, 0.25) is 15.9 Å². The minimum atomic E-state index is -3.76. The van der Waals surface area contributed by atoms with Crippen LogP contribution in [0.1, 0.15) is 37.0 Å². The van der Waals surface area contributed by atoms with Crippen LogP contribution in [0.25, 0.3) is 0 Å². The van der Waals surface area contributed by atoms with Crippen molar-refractivity contribution >= 4 is 33.0 Å². The molecule has 0 fully saturated rings. The van der Waals surface area contributed by atoms with Gasteiger partial charge in [0.25, 0.3) is 0 Å². The van der Waals surface area contributed by atoms with Gasteiger partial charge >= 0.3 is 0 Å². The molecule has 0 aliphatic rings. The van der Waals surface area contributed by atoms with Crippen molar-refractivity contribution < 1.29 is 17.9 Å². The maximum absolute atomic E-state index is 12.2. The van der Waals surface area contributed by atoms with Crippen molar-refractivity contribution in [1.29, 1.82) is 0 Å². The minimum Gasteiger partial charge on any atom is -0.486 e. The van der Waals surface area contributed by atoms with Crippen LogP contribution in [0.5, 0.6) is 5.75 Å². The molecule has 1 heterocycles. The molecule has 0 aliphatic carbocycles. The number of hydrogen-bond donors (Lipinski definition) is 2. The van der Waals surface area contributed by atoms with Crippen molar-refractivity contribution in [3.05, 3.63) is 70.2 Å². The van der Waals surface area contributed by atoms with E-state index in [2.05, 4.69) is 43.2 Å². The van der Waals surface area contributed by atoms with E-state index in [9.17, 15) is 13.2 Å². The van der Waals surface area contributed by atoms with Gasteiger partial charge in [-0.2, -0.15) is 0 Å². The maximum atomic E-state index is 12.2. The van der Waals surface area contributed by atoms with Gasteiger partial charge in [0, 0.05) is 11.1 Å². The van der Waals surface area contributed by atoms with Crippen LogP contribution in [-0.2, 0) is 33.3 Å². The van der Waals surface area contributed by atoms with Crippen LogP contribution < -0.4 is 15.2 Å². The molecule has 0 aliphatic heterocycles. The van der Waals surface area contributed by atoms with Crippen LogP contribution in [0.3, 0.4) is 0 Å². The Morgan fingerprint density at radius 3 is 2.32 bits per heavy atom. The van der Waals surface area contributed by atoms with Gasteiger partial charge in [-0.25, -0.2) is 18.5 Å². The number of nitrogens with zero attached hydrogens (tertiary/aromatic N) is 1. The molecule has 31 heavy (non-hydrogen) atoms. The van der Waals surface area contributed by atoms with Crippen molar-refractivity contribution in [2.75, 3.05) is 5.32 Å². The summed E-state index contributed by atoms with van der Waals surface area (Å²) in [5.74, 6) is 0.518. The predicted octanol–water partition coefficient (Wildman–Crippen LogP) is 3.85. The van der Waals surface area contributed by atoms with Gasteiger partial charge in [0.15, 0.2) is 0 Å². The lowest BCUT2D eigenvalue weighted by Crippen LogP contribution is -2.15. The summed E-state index contributed by atoms with van der Waals surface area (Å²) in [4.78, 5) is 16.7. The number of benzene rings is 2. The number of nitrogens with two attached hydrogens (primary N) is 1. The molecule has 0 saturated carbocycles. The molecule has 7 nitrogen and oxygen atoms in total. The fourth-order valence-corrected chi connectivity index (χ4v) is 4.01. The smallest absolute Gasteiger partial charge is 0.238 e. The first-order chi connectivity index (χ1) is 14.5. The van der Waals surface area contributed by atoms with Gasteiger partial charge < -0.3 is 10.1 Å². The number of aromatic nitrogens is 1. The van der Waals surface area contributed by atoms with Crippen molar-refractivity contribution in [1.82, 2.24) is 4.98 Å². The van der Waals surface area contributed by atoms with E-state index in [1.54, 1.807) is 0 Å². The average molecular weight is 460 g/mol. The van der Waals surface area contributed by atoms with Gasteiger partial charge in [0.05, 0.1) is 17.0 Å². The molecule has 2 aromatic carbocycles. The van der Waals surface area contributed by atoms with Gasteiger partial charge in [-0.15, -0.1) is 11.3 Å². The second-order valence-corrected chi connectivity index (χ2v) is 10.6. The van der Waals surface area contributed by atoms with E-state index >= 15 is 0 Å². The first-order valence-corrected chi connectivity index (χ1v) is 12.0. The zero-order valence-corrected chi connectivity index (χ0v) is 19.2. The lowest BCUT2D eigenvalue weighted by atomic mass is 9.87. The first-order valence-electron chi connectivity index (χ1n) is 9.60. The van der Waals surface area contributed by atoms with Gasteiger partial charge in [-0.05, 0) is 47.4 Å². The molecule has 1 aromatic heterocycles. The Morgan fingerprint density at radius 2 is 1.74 bits per heavy atom. The van der Waals surface area contributed by atoms with Gasteiger partial charge in [0.1, 0.15) is 17.4 Å². The average Bonchev–Trinajstić information content (AvgIpc) is 3.13. The standard InChI is InChI=1S/C22H25N3O4S2/c1-22(2,3)15-4-8-18(9-5-15)29-13-21-25-17(14-30-21)12-20(26)24-16-6-10-19(11-7-16)31(23,27)28/h4-11,14H,12-13H2,1-3H3,(H,24,26)(H2,23,27,28). The Labute approximate surface area is 186 Å². The molecule has 164 valence electrons. The normalized spacial score (nSPS) is 11.9. The highest BCUT2D eigenvalue weighted by molar-refractivity contribution is 7.89. The monoisotopic (exact) mass is 459 g/mol. The summed E-state index contributed by atoms with van der Waals surface area (Å²) in [7, 11) is -3.76. The van der Waals surface area contributed by atoms with Crippen molar-refractivity contribution in [3.8, 4) is 5.75 Å². The summed E-state index contributed by atoms with van der Waals surface area (Å²) in [6.07, 6.45) is 0.105. The summed E-state index contributed by atoms with van der Waals surface area (Å²) in [5.41, 5.74) is 2.45. The summed E-state index contributed by atoms with van der Waals surface area (Å²) in [5, 5.41) is 10.4. The van der Waals surface area contributed by atoms with E-state index < -0.39 is 10.0 Å². The molecule has 1 amide bonds. The van der Waals surface area contributed by atoms with Crippen LogP contribution in [-0.4, -0.2) is 19.3 Å². The molecule has 0 spiro atoms. The highest BCUT2D eigenvalue weighted by Crippen LogP contribution is 2.25.